The molecule has 0 radical (unpaired) electrons. The summed E-state index contributed by atoms with van der Waals surface area (Å²) in [6.45, 7) is 0. The Bertz CT molecular complexity index is 1200. The highest BCUT2D eigenvalue weighted by Gasteiger charge is 2.15. The molecule has 144 valence electrons. The number of benzene rings is 2. The van der Waals surface area contributed by atoms with Crippen molar-refractivity contribution in [2.45, 2.75) is 0 Å². The van der Waals surface area contributed by atoms with Crippen molar-refractivity contribution >= 4 is 44.0 Å². The van der Waals surface area contributed by atoms with Crippen LogP contribution in [-0.4, -0.2) is 15.8 Å². The highest BCUT2D eigenvalue weighted by Crippen LogP contribution is 2.28. The van der Waals surface area contributed by atoms with Crippen LogP contribution in [0.2, 0.25) is 0 Å². The van der Waals surface area contributed by atoms with E-state index >= 15 is 0 Å². The minimum atomic E-state index is -0.460. The van der Waals surface area contributed by atoms with E-state index in [1.165, 1.54) is 23.5 Å². The first-order chi connectivity index (χ1) is 14.0. The average Bonchev–Trinajstić information content (AvgIpc) is 3.38. The molecule has 0 fully saturated rings. The van der Waals surface area contributed by atoms with Crippen LogP contribution in [0.4, 0.5) is 10.8 Å². The predicted molar refractivity (Wildman–Crippen MR) is 114 cm³/mol. The van der Waals surface area contributed by atoms with Crippen LogP contribution in [0.15, 0.2) is 74.9 Å². The van der Waals surface area contributed by atoms with Gasteiger partial charge in [0.25, 0.3) is 11.6 Å². The standard InChI is InChI=1S/C20H12BrN3O4S/c21-14-6-4-12(5-7-14)17-8-9-18(28-17)19(25)23-20-22-16(11-29-20)13-2-1-3-15(10-13)24(26)27/h1-11H,(H,22,23,25). The van der Waals surface area contributed by atoms with Crippen molar-refractivity contribution < 1.29 is 14.1 Å². The maximum absolute atomic E-state index is 12.5. The van der Waals surface area contributed by atoms with Gasteiger partial charge in [-0.2, -0.15) is 0 Å². The molecule has 4 aromatic rings. The molecule has 1 N–H and O–H groups in total. The number of amides is 1. The maximum atomic E-state index is 12.5. The zero-order chi connectivity index (χ0) is 20.4. The van der Waals surface area contributed by atoms with Gasteiger partial charge in [-0.15, -0.1) is 11.3 Å². The molecule has 0 aliphatic rings. The number of carbonyl (C=O) groups is 1. The lowest BCUT2D eigenvalue weighted by molar-refractivity contribution is -0.384. The molecule has 0 bridgehead atoms. The smallest absolute Gasteiger partial charge is 0.293 e. The summed E-state index contributed by atoms with van der Waals surface area (Å²) in [5.41, 5.74) is 1.99. The lowest BCUT2D eigenvalue weighted by atomic mass is 10.1. The molecule has 0 spiro atoms. The quantitative estimate of drug-likeness (QED) is 0.285. The van der Waals surface area contributed by atoms with Crippen molar-refractivity contribution in [3.8, 4) is 22.6 Å². The summed E-state index contributed by atoms with van der Waals surface area (Å²) in [6.07, 6.45) is 0. The molecular weight excluding hydrogens is 458 g/mol. The van der Waals surface area contributed by atoms with Crippen molar-refractivity contribution in [2.24, 2.45) is 0 Å². The number of anilines is 1. The Morgan fingerprint density at radius 2 is 1.90 bits per heavy atom. The van der Waals surface area contributed by atoms with Crippen LogP contribution in [0, 0.1) is 10.1 Å². The molecule has 2 heterocycles. The van der Waals surface area contributed by atoms with Gasteiger partial charge in [0.05, 0.1) is 10.6 Å². The van der Waals surface area contributed by atoms with Gasteiger partial charge in [0.1, 0.15) is 5.76 Å². The number of hydrogen-bond donors (Lipinski definition) is 1. The molecule has 0 atom stereocenters. The zero-order valence-electron chi connectivity index (χ0n) is 14.7. The van der Waals surface area contributed by atoms with Crippen molar-refractivity contribution in [2.75, 3.05) is 5.32 Å². The Kier molecular flexibility index (Phi) is 5.24. The molecule has 29 heavy (non-hydrogen) atoms. The van der Waals surface area contributed by atoms with Gasteiger partial charge < -0.3 is 4.42 Å². The predicted octanol–water partition coefficient (Wildman–Crippen LogP) is 5.99. The second-order valence-electron chi connectivity index (χ2n) is 5.97. The van der Waals surface area contributed by atoms with E-state index in [9.17, 15) is 14.9 Å². The summed E-state index contributed by atoms with van der Waals surface area (Å²) < 4.78 is 6.60. The highest BCUT2D eigenvalue weighted by atomic mass is 79.9. The minimum absolute atomic E-state index is 0.0165. The van der Waals surface area contributed by atoms with Gasteiger partial charge in [0.15, 0.2) is 10.9 Å². The third-order valence-corrected chi connectivity index (χ3v) is 5.32. The van der Waals surface area contributed by atoms with Crippen LogP contribution in [0.25, 0.3) is 22.6 Å². The molecule has 4 rings (SSSR count). The molecule has 0 aliphatic heterocycles. The Morgan fingerprint density at radius 3 is 2.66 bits per heavy atom. The Morgan fingerprint density at radius 1 is 1.10 bits per heavy atom. The number of nitrogens with one attached hydrogen (secondary N) is 1. The van der Waals surface area contributed by atoms with E-state index < -0.39 is 10.8 Å². The average molecular weight is 470 g/mol. The molecule has 0 saturated heterocycles. The summed E-state index contributed by atoms with van der Waals surface area (Å²) in [6, 6.07) is 17.1. The largest absolute Gasteiger partial charge is 0.451 e. The van der Waals surface area contributed by atoms with Crippen LogP contribution in [-0.2, 0) is 0 Å². The number of nitro benzene ring substituents is 1. The first-order valence-corrected chi connectivity index (χ1v) is 10.0. The van der Waals surface area contributed by atoms with Gasteiger partial charge in [-0.05, 0) is 24.3 Å². The second-order valence-corrected chi connectivity index (χ2v) is 7.74. The van der Waals surface area contributed by atoms with Gasteiger partial charge in [-0.3, -0.25) is 20.2 Å². The molecule has 0 aliphatic carbocycles. The zero-order valence-corrected chi connectivity index (χ0v) is 17.1. The van der Waals surface area contributed by atoms with Gasteiger partial charge in [0, 0.05) is 33.1 Å². The van der Waals surface area contributed by atoms with Crippen molar-refractivity contribution in [3.05, 3.63) is 86.4 Å². The summed E-state index contributed by atoms with van der Waals surface area (Å²) in [5, 5.41) is 15.7. The van der Waals surface area contributed by atoms with Crippen LogP contribution >= 0.6 is 27.3 Å². The second kappa shape index (κ2) is 7.98. The van der Waals surface area contributed by atoms with Crippen LogP contribution in [0.3, 0.4) is 0 Å². The van der Waals surface area contributed by atoms with Gasteiger partial charge in [-0.1, -0.05) is 40.2 Å². The fourth-order valence-electron chi connectivity index (χ4n) is 2.63. The number of rotatable bonds is 5. The van der Waals surface area contributed by atoms with E-state index in [4.69, 9.17) is 4.42 Å². The lowest BCUT2D eigenvalue weighted by Crippen LogP contribution is -2.10. The number of hydrogen-bond acceptors (Lipinski definition) is 6. The van der Waals surface area contributed by atoms with Crippen LogP contribution in [0.5, 0.6) is 0 Å². The van der Waals surface area contributed by atoms with E-state index in [0.29, 0.717) is 22.1 Å². The third-order valence-electron chi connectivity index (χ3n) is 4.04. The first kappa shape index (κ1) is 19.0. The van der Waals surface area contributed by atoms with E-state index in [-0.39, 0.29) is 11.4 Å². The molecular formula is C20H12BrN3O4S. The molecule has 2 aromatic heterocycles. The van der Waals surface area contributed by atoms with Crippen LogP contribution in [0.1, 0.15) is 10.6 Å². The van der Waals surface area contributed by atoms with Gasteiger partial charge >= 0.3 is 0 Å². The number of nitro groups is 1. The normalized spacial score (nSPS) is 10.7. The Hall–Kier alpha value is -3.30. The van der Waals surface area contributed by atoms with E-state index in [0.717, 1.165) is 10.0 Å². The number of aromatic nitrogens is 1. The van der Waals surface area contributed by atoms with E-state index in [2.05, 4.69) is 26.2 Å². The molecule has 7 nitrogen and oxygen atoms in total. The summed E-state index contributed by atoms with van der Waals surface area (Å²) in [4.78, 5) is 27.3. The summed E-state index contributed by atoms with van der Waals surface area (Å²) in [5.74, 6) is 0.322. The van der Waals surface area contributed by atoms with Crippen LogP contribution < -0.4 is 5.32 Å². The lowest BCUT2D eigenvalue weighted by Gasteiger charge is -2.00. The Labute approximate surface area is 177 Å². The minimum Gasteiger partial charge on any atom is -0.451 e. The molecule has 1 amide bonds. The monoisotopic (exact) mass is 469 g/mol. The van der Waals surface area contributed by atoms with Gasteiger partial charge in [-0.25, -0.2) is 4.98 Å². The fraction of sp³-hybridized carbons (Fsp3) is 0. The van der Waals surface area contributed by atoms with Crippen molar-refractivity contribution in [3.63, 3.8) is 0 Å². The van der Waals surface area contributed by atoms with E-state index in [1.54, 1.807) is 29.6 Å². The molecule has 0 saturated carbocycles. The highest BCUT2D eigenvalue weighted by molar-refractivity contribution is 9.10. The number of halogens is 1. The Balaban J connectivity index is 1.49. The molecule has 9 heteroatoms. The topological polar surface area (TPSA) is 98.3 Å². The number of carbonyl (C=O) groups excluding carboxylic acids is 1. The SMILES string of the molecule is O=C(Nc1nc(-c2cccc([N+](=O)[O-])c2)cs1)c1ccc(-c2ccc(Br)cc2)o1. The number of nitrogens with zero attached hydrogens (tertiary/aromatic N) is 2. The fourth-order valence-corrected chi connectivity index (χ4v) is 3.61. The summed E-state index contributed by atoms with van der Waals surface area (Å²) >= 11 is 4.61. The number of thiazole rings is 1. The molecule has 0 unspecified atom stereocenters. The third kappa shape index (κ3) is 4.25. The first-order valence-electron chi connectivity index (χ1n) is 8.37. The maximum Gasteiger partial charge on any atom is 0.293 e. The number of furan rings is 1. The van der Waals surface area contributed by atoms with Gasteiger partial charge in [0.2, 0.25) is 0 Å². The van der Waals surface area contributed by atoms with E-state index in [1.807, 2.05) is 24.3 Å². The van der Waals surface area contributed by atoms with Crippen molar-refractivity contribution in [1.29, 1.82) is 0 Å². The number of non-ortho nitro benzene ring substituents is 1. The summed E-state index contributed by atoms with van der Waals surface area (Å²) in [7, 11) is 0. The molecule has 2 aromatic carbocycles. The van der Waals surface area contributed by atoms with Crippen molar-refractivity contribution in [1.82, 2.24) is 4.98 Å².